The fraction of sp³-hybridized carbons (Fsp3) is 1.00. The number of rotatable bonds is 1. The third kappa shape index (κ3) is 1.70. The summed E-state index contributed by atoms with van der Waals surface area (Å²) >= 11 is 0. The van der Waals surface area contributed by atoms with E-state index in [1.54, 1.807) is 13.8 Å². The lowest BCUT2D eigenvalue weighted by atomic mass is 9.86. The lowest BCUT2D eigenvalue weighted by Gasteiger charge is -2.41. The van der Waals surface area contributed by atoms with Gasteiger partial charge in [0, 0.05) is 12.0 Å². The number of ether oxygens (including phenoxy) is 1. The zero-order valence-electron chi connectivity index (χ0n) is 7.78. The molecule has 2 unspecified atom stereocenters. The van der Waals surface area contributed by atoms with E-state index in [1.165, 1.54) is 0 Å². The summed E-state index contributed by atoms with van der Waals surface area (Å²) in [7, 11) is 0. The molecule has 1 aliphatic heterocycles. The summed E-state index contributed by atoms with van der Waals surface area (Å²) in [5, 5.41) is 13.8. The molecule has 0 aromatic rings. The molecule has 4 atom stereocenters. The number of nitrogens with two attached hydrogens (primary N) is 1. The van der Waals surface area contributed by atoms with Gasteiger partial charge < -0.3 is 20.7 Å². The molecule has 4 N–H and O–H groups in total. The molecule has 0 radical (unpaired) electrons. The van der Waals surface area contributed by atoms with Crippen LogP contribution in [0.25, 0.3) is 0 Å². The quantitative estimate of drug-likeness (QED) is 0.472. The van der Waals surface area contributed by atoms with Crippen molar-refractivity contribution in [1.82, 2.24) is 0 Å². The van der Waals surface area contributed by atoms with Crippen LogP contribution in [-0.4, -0.2) is 35.7 Å². The fourth-order valence-electron chi connectivity index (χ4n) is 1.38. The molecule has 0 amide bonds. The van der Waals surface area contributed by atoms with Gasteiger partial charge in [-0.1, -0.05) is 0 Å². The zero-order chi connectivity index (χ0) is 9.35. The predicted molar refractivity (Wildman–Crippen MR) is 39.8 cm³/mol. The number of hydrogen-bond acceptors (Lipinski definition) is 4. The number of hydrogen-bond donors (Lipinski definition) is 3. The molecule has 1 saturated heterocycles. The molecule has 0 spiro atoms. The lowest BCUT2D eigenvalue weighted by molar-refractivity contribution is -0.215. The Morgan fingerprint density at radius 2 is 2.45 bits per heavy atom. The van der Waals surface area contributed by atoms with Crippen molar-refractivity contribution in [2.45, 2.75) is 44.3 Å². The number of aliphatic hydroxyl groups excluding tert-OH is 2. The highest BCUT2D eigenvalue weighted by Gasteiger charge is 2.40. The van der Waals surface area contributed by atoms with Gasteiger partial charge in [0.1, 0.15) is 0 Å². The van der Waals surface area contributed by atoms with Crippen LogP contribution >= 0.6 is 0 Å². The maximum atomic E-state index is 9.55. The first-order valence-corrected chi connectivity index (χ1v) is 3.72. The van der Waals surface area contributed by atoms with Gasteiger partial charge in [0.25, 0.3) is 0 Å². The van der Waals surface area contributed by atoms with E-state index in [1.807, 2.05) is 0 Å². The molecule has 11 heavy (non-hydrogen) atoms. The first-order chi connectivity index (χ1) is 5.47. The van der Waals surface area contributed by atoms with Crippen molar-refractivity contribution in [2.24, 2.45) is 5.73 Å². The normalized spacial score (nSPS) is 53.8. The van der Waals surface area contributed by atoms with E-state index in [0.29, 0.717) is 6.42 Å². The fourth-order valence-corrected chi connectivity index (χ4v) is 1.38. The van der Waals surface area contributed by atoms with Crippen LogP contribution in [-0.2, 0) is 4.74 Å². The number of aliphatic hydroxyl groups is 2. The Morgan fingerprint density at radius 3 is 2.91 bits per heavy atom. The summed E-state index contributed by atoms with van der Waals surface area (Å²) in [4.78, 5) is 0. The first kappa shape index (κ1) is 7.49. The Kier molecular flexibility index (Phi) is 1.85. The van der Waals surface area contributed by atoms with Gasteiger partial charge in [0.05, 0.1) is 12.2 Å². The van der Waals surface area contributed by atoms with Crippen molar-refractivity contribution in [3.8, 4) is 0 Å². The molecule has 0 aliphatic carbocycles. The van der Waals surface area contributed by atoms with E-state index in [-0.39, 0.29) is 6.10 Å². The van der Waals surface area contributed by atoms with Crippen molar-refractivity contribution >= 4 is 0 Å². The highest BCUT2D eigenvalue weighted by atomic mass is 16.6. The summed E-state index contributed by atoms with van der Waals surface area (Å²) in [6.45, 7) is 3.43. The molecular formula is C7H15NO3. The highest BCUT2D eigenvalue weighted by molar-refractivity contribution is 4.94. The van der Waals surface area contributed by atoms with Crippen molar-refractivity contribution in [1.29, 1.82) is 1.43 Å². The molecule has 1 fully saturated rings. The third-order valence-electron chi connectivity index (χ3n) is 2.09. The monoisotopic (exact) mass is 163 g/mol. The predicted octanol–water partition coefficient (Wildman–Crippen LogP) is -0.808. The van der Waals surface area contributed by atoms with Crippen molar-refractivity contribution < 1.29 is 15.0 Å². The van der Waals surface area contributed by atoms with Gasteiger partial charge in [-0.25, -0.2) is 0 Å². The molecule has 1 aliphatic rings. The van der Waals surface area contributed by atoms with Gasteiger partial charge in [0.2, 0.25) is 1.43 Å². The molecule has 0 saturated carbocycles. The third-order valence-corrected chi connectivity index (χ3v) is 2.09. The van der Waals surface area contributed by atoms with Gasteiger partial charge in [-0.2, -0.15) is 0 Å². The van der Waals surface area contributed by atoms with E-state index in [0.717, 1.165) is 0 Å². The minimum Gasteiger partial charge on any atom is -0.389 e. The van der Waals surface area contributed by atoms with Crippen molar-refractivity contribution in [2.75, 3.05) is 0 Å². The van der Waals surface area contributed by atoms with Crippen LogP contribution in [0, 0.1) is 0 Å². The van der Waals surface area contributed by atoms with Crippen LogP contribution in [0.1, 0.15) is 20.3 Å². The Morgan fingerprint density at radius 1 is 1.82 bits per heavy atom. The molecular weight excluding hydrogens is 146 g/mol. The minimum atomic E-state index is -0.733. The molecule has 4 nitrogen and oxygen atoms in total. The van der Waals surface area contributed by atoms with E-state index >= 15 is 0 Å². The second-order valence-corrected chi connectivity index (χ2v) is 3.43. The Labute approximate surface area is 67.5 Å². The van der Waals surface area contributed by atoms with Gasteiger partial charge >= 0.3 is 0 Å². The molecule has 4 heteroatoms. The summed E-state index contributed by atoms with van der Waals surface area (Å²) in [6.07, 6.45) is -1.38. The van der Waals surface area contributed by atoms with E-state index < -0.39 is 17.9 Å². The maximum absolute atomic E-state index is 9.55. The summed E-state index contributed by atoms with van der Waals surface area (Å²) in [6, 6.07) is 0. The standard InChI is InChI=1S/C7H15NO3/c1-4-6(10)7(2,8)3-5(9)11-4/h4-6,9-10H,3,8H2,1-2H3/t4-,5-,6?,7?/m0/s1/i9T. The average Bonchev–Trinajstić information content (AvgIpc) is 1.99. The van der Waals surface area contributed by atoms with Crippen LogP contribution in [0.5, 0.6) is 0 Å². The van der Waals surface area contributed by atoms with Crippen LogP contribution in [0.2, 0.25) is 0 Å². The van der Waals surface area contributed by atoms with Crippen LogP contribution in [0.3, 0.4) is 0 Å². The lowest BCUT2D eigenvalue weighted by Crippen LogP contribution is -2.59. The second-order valence-electron chi connectivity index (χ2n) is 3.43. The first-order valence-electron chi connectivity index (χ1n) is 4.12. The maximum Gasteiger partial charge on any atom is 0.213 e. The Balaban J connectivity index is 2.65. The van der Waals surface area contributed by atoms with Crippen molar-refractivity contribution in [3.63, 3.8) is 0 Å². The zero-order valence-corrected chi connectivity index (χ0v) is 6.78. The summed E-state index contributed by atoms with van der Waals surface area (Å²) in [5.74, 6) is 0. The van der Waals surface area contributed by atoms with E-state index in [2.05, 4.69) is 5.11 Å². The van der Waals surface area contributed by atoms with Crippen LogP contribution in [0.15, 0.2) is 0 Å². The van der Waals surface area contributed by atoms with E-state index in [9.17, 15) is 5.11 Å². The SMILES string of the molecule is [3H]O[C@@H]1CC(C)(N)C(O)[C@H](C)O1. The van der Waals surface area contributed by atoms with Gasteiger partial charge in [-0.15, -0.1) is 0 Å². The summed E-state index contributed by atoms with van der Waals surface area (Å²) < 4.78 is 11.8. The van der Waals surface area contributed by atoms with Crippen molar-refractivity contribution in [3.05, 3.63) is 0 Å². The molecule has 0 bridgehead atoms. The molecule has 1 rings (SSSR count). The Hall–Kier alpha value is -0.160. The minimum absolute atomic E-state index is 0.335. The van der Waals surface area contributed by atoms with Gasteiger partial charge in [0.15, 0.2) is 6.29 Å². The van der Waals surface area contributed by atoms with Crippen LogP contribution in [0.4, 0.5) is 0 Å². The average molecular weight is 163 g/mol. The highest BCUT2D eigenvalue weighted by Crippen LogP contribution is 2.25. The molecule has 0 aromatic heterocycles. The van der Waals surface area contributed by atoms with Gasteiger partial charge in [-0.05, 0) is 13.8 Å². The Bertz CT molecular complexity index is 165. The van der Waals surface area contributed by atoms with E-state index in [4.69, 9.17) is 11.9 Å². The molecule has 66 valence electrons. The summed E-state index contributed by atoms with van der Waals surface area (Å²) in [5.41, 5.74) is 5.05. The van der Waals surface area contributed by atoms with Crippen LogP contribution < -0.4 is 5.73 Å². The van der Waals surface area contributed by atoms with Gasteiger partial charge in [-0.3, -0.25) is 0 Å². The second kappa shape index (κ2) is 2.71. The topological polar surface area (TPSA) is 75.7 Å². The largest absolute Gasteiger partial charge is 0.389 e. The molecule has 0 aromatic carbocycles. The smallest absolute Gasteiger partial charge is 0.213 e. The molecule has 1 heterocycles.